The number of aryl methyl sites for hydroxylation is 1. The van der Waals surface area contributed by atoms with Crippen molar-refractivity contribution in [3.8, 4) is 0 Å². The minimum atomic E-state index is -0.219. The maximum atomic E-state index is 13.3. The number of nitrogens with zero attached hydrogens (tertiary/aromatic N) is 2. The van der Waals surface area contributed by atoms with E-state index in [-0.39, 0.29) is 11.7 Å². The average Bonchev–Trinajstić information content (AvgIpc) is 3.19. The maximum absolute atomic E-state index is 13.3. The van der Waals surface area contributed by atoms with Gasteiger partial charge in [-0.25, -0.2) is 9.37 Å². The highest BCUT2D eigenvalue weighted by atomic mass is 32.1. The first-order chi connectivity index (χ1) is 12.1. The Hall–Kier alpha value is -2.66. The lowest BCUT2D eigenvalue weighted by molar-refractivity contribution is 0.626. The highest BCUT2D eigenvalue weighted by molar-refractivity contribution is 7.13. The summed E-state index contributed by atoms with van der Waals surface area (Å²) in [6.07, 6.45) is 2.91. The zero-order chi connectivity index (χ0) is 17.4. The molecule has 25 heavy (non-hydrogen) atoms. The summed E-state index contributed by atoms with van der Waals surface area (Å²) in [7, 11) is 2.05. The van der Waals surface area contributed by atoms with E-state index in [4.69, 9.17) is 5.73 Å². The zero-order valence-electron chi connectivity index (χ0n) is 13.8. The summed E-state index contributed by atoms with van der Waals surface area (Å²) in [4.78, 5) is 4.53. The van der Waals surface area contributed by atoms with E-state index in [1.54, 1.807) is 0 Å². The van der Waals surface area contributed by atoms with E-state index in [1.807, 2.05) is 23.6 Å². The van der Waals surface area contributed by atoms with E-state index >= 15 is 0 Å². The second kappa shape index (κ2) is 6.33. The number of hydrogen-bond donors (Lipinski definition) is 1. The molecule has 0 aliphatic carbocycles. The lowest BCUT2D eigenvalue weighted by atomic mass is 9.89. The van der Waals surface area contributed by atoms with Crippen LogP contribution in [0.4, 0.5) is 9.52 Å². The molecule has 126 valence electrons. The van der Waals surface area contributed by atoms with Gasteiger partial charge in [-0.05, 0) is 35.7 Å². The quantitative estimate of drug-likeness (QED) is 0.577. The summed E-state index contributed by atoms with van der Waals surface area (Å²) in [5, 5.41) is 3.80. The monoisotopic (exact) mass is 351 g/mol. The molecule has 0 aliphatic heterocycles. The lowest BCUT2D eigenvalue weighted by Gasteiger charge is -2.15. The second-order valence-corrected chi connectivity index (χ2v) is 7.10. The number of thiazole rings is 1. The van der Waals surface area contributed by atoms with Gasteiger partial charge in [0.1, 0.15) is 5.82 Å². The minimum Gasteiger partial charge on any atom is -0.375 e. The Morgan fingerprint density at radius 1 is 1.16 bits per heavy atom. The van der Waals surface area contributed by atoms with Crippen LogP contribution in [-0.4, -0.2) is 9.55 Å². The Morgan fingerprint density at radius 2 is 1.92 bits per heavy atom. The molecule has 5 heteroatoms. The molecule has 0 aliphatic rings. The van der Waals surface area contributed by atoms with Crippen LogP contribution in [0.1, 0.15) is 22.7 Å². The first-order valence-corrected chi connectivity index (χ1v) is 8.99. The molecule has 0 saturated carbocycles. The number of fused-ring (bicyclic) bond motifs is 1. The third kappa shape index (κ3) is 3.03. The topological polar surface area (TPSA) is 43.8 Å². The molecule has 0 fully saturated rings. The van der Waals surface area contributed by atoms with Gasteiger partial charge in [0.05, 0.1) is 5.69 Å². The van der Waals surface area contributed by atoms with Gasteiger partial charge < -0.3 is 10.3 Å². The number of halogens is 1. The lowest BCUT2D eigenvalue weighted by Crippen LogP contribution is -2.06. The highest BCUT2D eigenvalue weighted by Gasteiger charge is 2.22. The molecule has 0 radical (unpaired) electrons. The standard InChI is InChI=1S/C20H18FN3S/c1-24-11-17(15-4-2-3-5-19(15)24)16(18-12-25-20(22)23-18)10-13-6-8-14(21)9-7-13/h2-9,11-12,16H,10H2,1H3,(H2,22,23). The highest BCUT2D eigenvalue weighted by Crippen LogP contribution is 2.35. The number of rotatable bonds is 4. The molecule has 4 aromatic rings. The van der Waals surface area contributed by atoms with E-state index in [0.717, 1.165) is 17.7 Å². The van der Waals surface area contributed by atoms with E-state index in [9.17, 15) is 4.39 Å². The van der Waals surface area contributed by atoms with Crippen molar-refractivity contribution >= 4 is 27.4 Å². The van der Waals surface area contributed by atoms with Crippen LogP contribution in [0.15, 0.2) is 60.1 Å². The zero-order valence-corrected chi connectivity index (χ0v) is 14.6. The Labute approximate surface area is 149 Å². The van der Waals surface area contributed by atoms with Crippen molar-refractivity contribution in [1.29, 1.82) is 0 Å². The van der Waals surface area contributed by atoms with Gasteiger partial charge in [-0.1, -0.05) is 30.3 Å². The van der Waals surface area contributed by atoms with E-state index in [1.165, 1.54) is 39.9 Å². The van der Waals surface area contributed by atoms with Gasteiger partial charge in [0, 0.05) is 35.4 Å². The number of nitrogens with two attached hydrogens (primary N) is 1. The molecule has 0 spiro atoms. The molecule has 0 saturated heterocycles. The molecule has 4 rings (SSSR count). The first-order valence-electron chi connectivity index (χ1n) is 8.11. The SMILES string of the molecule is Cn1cc(C(Cc2ccc(F)cc2)c2csc(N)n2)c2ccccc21. The van der Waals surface area contributed by atoms with Gasteiger partial charge in [0.25, 0.3) is 0 Å². The van der Waals surface area contributed by atoms with Crippen molar-refractivity contribution in [2.75, 3.05) is 5.73 Å². The fraction of sp³-hybridized carbons (Fsp3) is 0.150. The van der Waals surface area contributed by atoms with Crippen molar-refractivity contribution in [3.63, 3.8) is 0 Å². The minimum absolute atomic E-state index is 0.0742. The van der Waals surface area contributed by atoms with Crippen LogP contribution >= 0.6 is 11.3 Å². The maximum Gasteiger partial charge on any atom is 0.180 e. The number of hydrogen-bond acceptors (Lipinski definition) is 3. The molecule has 0 amide bonds. The van der Waals surface area contributed by atoms with Crippen LogP contribution < -0.4 is 5.73 Å². The average molecular weight is 351 g/mol. The van der Waals surface area contributed by atoms with Crippen molar-refractivity contribution < 1.29 is 4.39 Å². The van der Waals surface area contributed by atoms with Crippen LogP contribution in [-0.2, 0) is 13.5 Å². The number of nitrogen functional groups attached to an aromatic ring is 1. The molecular formula is C20H18FN3S. The Kier molecular flexibility index (Phi) is 4.01. The van der Waals surface area contributed by atoms with Crippen LogP contribution in [0, 0.1) is 5.82 Å². The van der Waals surface area contributed by atoms with Gasteiger partial charge in [-0.3, -0.25) is 0 Å². The predicted octanol–water partition coefficient (Wildman–Crippen LogP) is 4.73. The van der Waals surface area contributed by atoms with E-state index in [2.05, 4.69) is 41.0 Å². The summed E-state index contributed by atoms with van der Waals surface area (Å²) >= 11 is 1.45. The first kappa shape index (κ1) is 15.8. The van der Waals surface area contributed by atoms with Crippen molar-refractivity contribution in [2.24, 2.45) is 7.05 Å². The number of anilines is 1. The molecule has 2 heterocycles. The van der Waals surface area contributed by atoms with Crippen LogP contribution in [0.5, 0.6) is 0 Å². The number of para-hydroxylation sites is 1. The van der Waals surface area contributed by atoms with E-state index < -0.39 is 0 Å². The van der Waals surface area contributed by atoms with Gasteiger partial charge >= 0.3 is 0 Å². The summed E-state index contributed by atoms with van der Waals surface area (Å²) < 4.78 is 15.4. The number of aromatic nitrogens is 2. The molecule has 2 N–H and O–H groups in total. The molecule has 0 bridgehead atoms. The van der Waals surface area contributed by atoms with Gasteiger partial charge in [-0.15, -0.1) is 11.3 Å². The normalized spacial score (nSPS) is 12.6. The van der Waals surface area contributed by atoms with E-state index in [0.29, 0.717) is 5.13 Å². The smallest absolute Gasteiger partial charge is 0.180 e. The molecule has 2 aromatic heterocycles. The van der Waals surface area contributed by atoms with Gasteiger partial charge in [0.2, 0.25) is 0 Å². The Balaban J connectivity index is 1.83. The Bertz CT molecular complexity index is 1020. The molecule has 1 atom stereocenters. The Morgan fingerprint density at radius 3 is 2.64 bits per heavy atom. The summed E-state index contributed by atoms with van der Waals surface area (Å²) in [5.41, 5.74) is 10.3. The van der Waals surface area contributed by atoms with Crippen LogP contribution in [0.25, 0.3) is 10.9 Å². The van der Waals surface area contributed by atoms with Crippen LogP contribution in [0.3, 0.4) is 0 Å². The van der Waals surface area contributed by atoms with Gasteiger partial charge in [0.15, 0.2) is 5.13 Å². The molecule has 2 aromatic carbocycles. The summed E-state index contributed by atoms with van der Waals surface area (Å²) in [6.45, 7) is 0. The summed E-state index contributed by atoms with van der Waals surface area (Å²) in [6, 6.07) is 15.0. The summed E-state index contributed by atoms with van der Waals surface area (Å²) in [5.74, 6) is -0.145. The van der Waals surface area contributed by atoms with Gasteiger partial charge in [-0.2, -0.15) is 0 Å². The van der Waals surface area contributed by atoms with Crippen LogP contribution in [0.2, 0.25) is 0 Å². The van der Waals surface area contributed by atoms with Crippen molar-refractivity contribution in [1.82, 2.24) is 9.55 Å². The molecular weight excluding hydrogens is 333 g/mol. The second-order valence-electron chi connectivity index (χ2n) is 6.21. The molecule has 1 unspecified atom stereocenters. The van der Waals surface area contributed by atoms with Crippen molar-refractivity contribution in [2.45, 2.75) is 12.3 Å². The largest absolute Gasteiger partial charge is 0.375 e. The third-order valence-corrected chi connectivity index (χ3v) is 5.25. The predicted molar refractivity (Wildman–Crippen MR) is 101 cm³/mol. The fourth-order valence-electron chi connectivity index (χ4n) is 3.34. The fourth-order valence-corrected chi connectivity index (χ4v) is 3.96. The van der Waals surface area contributed by atoms with Crippen molar-refractivity contribution in [3.05, 3.63) is 82.7 Å². The number of benzene rings is 2. The third-order valence-electron chi connectivity index (χ3n) is 4.55. The molecule has 3 nitrogen and oxygen atoms in total.